The minimum atomic E-state index is -3.16. The number of fused-ring (bicyclic) bond motifs is 1. The number of imidazole rings is 1. The Morgan fingerprint density at radius 1 is 1.11 bits per heavy atom. The number of para-hydroxylation sites is 2. The Labute approximate surface area is 160 Å². The summed E-state index contributed by atoms with van der Waals surface area (Å²) in [6, 6.07) is 8.37. The molecular weight excluding hydrogens is 364 g/mol. The first-order valence-electron chi connectivity index (χ1n) is 9.52. The first kappa shape index (κ1) is 18.4. The van der Waals surface area contributed by atoms with Crippen molar-refractivity contribution in [1.29, 1.82) is 0 Å². The third kappa shape index (κ3) is 3.48. The molecule has 0 spiro atoms. The average Bonchev–Trinajstić information content (AvgIpc) is 3.23. The summed E-state index contributed by atoms with van der Waals surface area (Å²) in [4.78, 5) is 19.6. The van der Waals surface area contributed by atoms with E-state index in [0.29, 0.717) is 32.5 Å². The molecule has 2 aliphatic heterocycles. The molecule has 8 heteroatoms. The molecule has 2 aliphatic rings. The lowest BCUT2D eigenvalue weighted by Gasteiger charge is -2.31. The van der Waals surface area contributed by atoms with Crippen molar-refractivity contribution in [3.05, 3.63) is 30.1 Å². The molecule has 1 aromatic heterocycles. The van der Waals surface area contributed by atoms with Gasteiger partial charge in [-0.1, -0.05) is 12.1 Å². The number of sulfonamides is 1. The smallest absolute Gasteiger partial charge is 0.225 e. The Hall–Kier alpha value is -1.93. The maximum atomic E-state index is 13.0. The van der Waals surface area contributed by atoms with Gasteiger partial charge in [-0.2, -0.15) is 0 Å². The first-order chi connectivity index (χ1) is 12.8. The van der Waals surface area contributed by atoms with Gasteiger partial charge in [-0.25, -0.2) is 17.7 Å². The van der Waals surface area contributed by atoms with E-state index in [1.165, 1.54) is 10.6 Å². The Morgan fingerprint density at radius 2 is 1.81 bits per heavy atom. The van der Waals surface area contributed by atoms with Gasteiger partial charge in [0.1, 0.15) is 5.82 Å². The lowest BCUT2D eigenvalue weighted by Crippen LogP contribution is -2.43. The van der Waals surface area contributed by atoms with Crippen molar-refractivity contribution < 1.29 is 13.2 Å². The fourth-order valence-electron chi connectivity index (χ4n) is 4.47. The molecule has 146 valence electrons. The molecule has 7 nitrogen and oxygen atoms in total. The number of hydrogen-bond donors (Lipinski definition) is 0. The third-order valence-electron chi connectivity index (χ3n) is 5.88. The van der Waals surface area contributed by atoms with Crippen molar-refractivity contribution in [2.45, 2.75) is 32.2 Å². The highest BCUT2D eigenvalue weighted by molar-refractivity contribution is 7.88. The molecule has 0 bridgehead atoms. The van der Waals surface area contributed by atoms with Gasteiger partial charge in [0.2, 0.25) is 15.9 Å². The first-order valence-corrected chi connectivity index (χ1v) is 11.4. The van der Waals surface area contributed by atoms with E-state index in [1.54, 1.807) is 0 Å². The number of nitrogens with zero attached hydrogens (tertiary/aromatic N) is 4. The van der Waals surface area contributed by atoms with Crippen LogP contribution in [-0.4, -0.2) is 65.5 Å². The predicted octanol–water partition coefficient (Wildman–Crippen LogP) is 1.79. The topological polar surface area (TPSA) is 75.5 Å². The summed E-state index contributed by atoms with van der Waals surface area (Å²) in [5, 5.41) is 0. The molecule has 0 radical (unpaired) electrons. The monoisotopic (exact) mass is 390 g/mol. The second-order valence-corrected chi connectivity index (χ2v) is 9.66. The Balaban J connectivity index is 1.44. The molecular formula is C19H26N4O3S. The Bertz CT molecular complexity index is 960. The zero-order valence-corrected chi connectivity index (χ0v) is 16.7. The summed E-state index contributed by atoms with van der Waals surface area (Å²) in [6.07, 6.45) is 3.38. The summed E-state index contributed by atoms with van der Waals surface area (Å²) in [5.41, 5.74) is 2.11. The van der Waals surface area contributed by atoms with Gasteiger partial charge in [0.05, 0.1) is 23.3 Å². The Morgan fingerprint density at radius 3 is 2.52 bits per heavy atom. The van der Waals surface area contributed by atoms with E-state index in [2.05, 4.69) is 15.6 Å². The lowest BCUT2D eigenvalue weighted by molar-refractivity contribution is -0.135. The number of carbonyl (C=O) groups is 1. The van der Waals surface area contributed by atoms with Crippen molar-refractivity contribution in [2.24, 2.45) is 5.92 Å². The molecule has 2 fully saturated rings. The summed E-state index contributed by atoms with van der Waals surface area (Å²) < 4.78 is 27.0. The summed E-state index contributed by atoms with van der Waals surface area (Å²) in [5.74, 6) is 1.09. The van der Waals surface area contributed by atoms with Gasteiger partial charge in [0.25, 0.3) is 0 Å². The molecule has 27 heavy (non-hydrogen) atoms. The molecule has 1 aromatic carbocycles. The number of hydrogen-bond acceptors (Lipinski definition) is 4. The number of piperidine rings is 1. The molecule has 2 saturated heterocycles. The molecule has 0 unspecified atom stereocenters. The third-order valence-corrected chi connectivity index (χ3v) is 7.19. The van der Waals surface area contributed by atoms with E-state index in [4.69, 9.17) is 0 Å². The highest BCUT2D eigenvalue weighted by Crippen LogP contribution is 2.30. The zero-order chi connectivity index (χ0) is 19.2. The van der Waals surface area contributed by atoms with Gasteiger partial charge in [-0.3, -0.25) is 4.79 Å². The number of benzene rings is 1. The second kappa shape index (κ2) is 6.91. The molecule has 1 amide bonds. The molecule has 1 atom stereocenters. The van der Waals surface area contributed by atoms with E-state index >= 15 is 0 Å². The summed E-state index contributed by atoms with van der Waals surface area (Å²) >= 11 is 0. The minimum Gasteiger partial charge on any atom is -0.340 e. The van der Waals surface area contributed by atoms with Crippen molar-refractivity contribution in [1.82, 2.24) is 18.8 Å². The van der Waals surface area contributed by atoms with Crippen LogP contribution in [0.25, 0.3) is 11.0 Å². The van der Waals surface area contributed by atoms with E-state index < -0.39 is 10.0 Å². The molecule has 0 saturated carbocycles. The number of carbonyl (C=O) groups excluding carboxylic acids is 1. The van der Waals surface area contributed by atoms with E-state index in [0.717, 1.165) is 29.8 Å². The fourth-order valence-corrected chi connectivity index (χ4v) is 5.35. The normalized spacial score (nSPS) is 22.6. The number of amides is 1. The molecule has 3 heterocycles. The van der Waals surface area contributed by atoms with E-state index in [1.807, 2.05) is 30.0 Å². The van der Waals surface area contributed by atoms with Crippen molar-refractivity contribution in [3.63, 3.8) is 0 Å². The zero-order valence-electron chi connectivity index (χ0n) is 15.8. The summed E-state index contributed by atoms with van der Waals surface area (Å²) in [7, 11) is -3.16. The van der Waals surface area contributed by atoms with Gasteiger partial charge >= 0.3 is 0 Å². The fraction of sp³-hybridized carbons (Fsp3) is 0.579. The van der Waals surface area contributed by atoms with Crippen LogP contribution in [0.2, 0.25) is 0 Å². The quantitative estimate of drug-likeness (QED) is 0.801. The van der Waals surface area contributed by atoms with Crippen LogP contribution in [-0.2, 0) is 14.8 Å². The van der Waals surface area contributed by atoms with Crippen LogP contribution >= 0.6 is 0 Å². The number of aromatic nitrogens is 2. The maximum absolute atomic E-state index is 13.0. The Kier molecular flexibility index (Phi) is 4.71. The van der Waals surface area contributed by atoms with Crippen LogP contribution in [0.15, 0.2) is 24.3 Å². The average molecular weight is 391 g/mol. The van der Waals surface area contributed by atoms with E-state index in [9.17, 15) is 13.2 Å². The largest absolute Gasteiger partial charge is 0.340 e. The predicted molar refractivity (Wildman–Crippen MR) is 104 cm³/mol. The van der Waals surface area contributed by atoms with Crippen LogP contribution in [0, 0.1) is 12.8 Å². The van der Waals surface area contributed by atoms with E-state index in [-0.39, 0.29) is 17.9 Å². The number of aryl methyl sites for hydroxylation is 1. The van der Waals surface area contributed by atoms with Gasteiger partial charge < -0.3 is 9.47 Å². The number of likely N-dealkylation sites (tertiary alicyclic amines) is 1. The standard InChI is InChI=1S/C19H26N4O3S/c1-14-20-17-5-3-4-6-18(17)23(14)16-9-10-21(13-16)19(24)15-7-11-22(12-8-15)27(2,25)26/h3-6,15-16H,7-13H2,1-2H3/t16-/m1/s1. The molecule has 0 N–H and O–H groups in total. The van der Waals surface area contributed by atoms with Gasteiger partial charge in [0.15, 0.2) is 0 Å². The van der Waals surface area contributed by atoms with Crippen molar-refractivity contribution in [3.8, 4) is 0 Å². The van der Waals surface area contributed by atoms with Gasteiger partial charge in [-0.05, 0) is 38.3 Å². The number of rotatable bonds is 3. The molecule has 0 aliphatic carbocycles. The van der Waals surface area contributed by atoms with Gasteiger partial charge in [-0.15, -0.1) is 0 Å². The SMILES string of the molecule is Cc1nc2ccccc2n1[C@@H]1CCN(C(=O)C2CCN(S(C)(=O)=O)CC2)C1. The van der Waals surface area contributed by atoms with Crippen LogP contribution in [0.3, 0.4) is 0 Å². The highest BCUT2D eigenvalue weighted by atomic mass is 32.2. The lowest BCUT2D eigenvalue weighted by atomic mass is 9.96. The van der Waals surface area contributed by atoms with Crippen molar-refractivity contribution in [2.75, 3.05) is 32.4 Å². The van der Waals surface area contributed by atoms with Crippen molar-refractivity contribution >= 4 is 27.0 Å². The maximum Gasteiger partial charge on any atom is 0.225 e. The summed E-state index contributed by atoms with van der Waals surface area (Å²) in [6.45, 7) is 4.36. The second-order valence-electron chi connectivity index (χ2n) is 7.68. The minimum absolute atomic E-state index is 0.0672. The highest BCUT2D eigenvalue weighted by Gasteiger charge is 2.35. The molecule has 4 rings (SSSR count). The van der Waals surface area contributed by atoms with Gasteiger partial charge in [0, 0.05) is 32.1 Å². The van der Waals surface area contributed by atoms with Crippen LogP contribution < -0.4 is 0 Å². The van der Waals surface area contributed by atoms with Crippen LogP contribution in [0.4, 0.5) is 0 Å². The molecule has 2 aromatic rings. The van der Waals surface area contributed by atoms with Crippen LogP contribution in [0.1, 0.15) is 31.1 Å². The van der Waals surface area contributed by atoms with Crippen LogP contribution in [0.5, 0.6) is 0 Å².